The Bertz CT molecular complexity index is 548. The highest BCUT2D eigenvalue weighted by atomic mass is 32.1. The number of amides is 1. The Kier molecular flexibility index (Phi) is 5.68. The molecule has 0 radical (unpaired) electrons. The summed E-state index contributed by atoms with van der Waals surface area (Å²) in [5.41, 5.74) is 0. The molecule has 0 atom stereocenters. The number of hydrogen-bond acceptors (Lipinski definition) is 5. The molecule has 21 heavy (non-hydrogen) atoms. The summed E-state index contributed by atoms with van der Waals surface area (Å²) in [5, 5.41) is 12.9. The summed E-state index contributed by atoms with van der Waals surface area (Å²) in [4.78, 5) is 14.8. The van der Waals surface area contributed by atoms with Gasteiger partial charge in [0.05, 0.1) is 4.88 Å². The van der Waals surface area contributed by atoms with Crippen LogP contribution in [0.4, 0.5) is 11.6 Å². The minimum absolute atomic E-state index is 0.147. The van der Waals surface area contributed by atoms with Crippen LogP contribution < -0.4 is 10.2 Å². The normalized spacial score (nSPS) is 10.4. The van der Waals surface area contributed by atoms with Crippen molar-refractivity contribution in [2.45, 2.75) is 26.7 Å². The predicted molar refractivity (Wildman–Crippen MR) is 87.1 cm³/mol. The van der Waals surface area contributed by atoms with Crippen LogP contribution in [0.5, 0.6) is 0 Å². The molecule has 0 saturated carbocycles. The number of carbonyl (C=O) groups excluding carboxylic acids is 1. The lowest BCUT2D eigenvalue weighted by atomic mass is 10.3. The van der Waals surface area contributed by atoms with E-state index in [1.54, 1.807) is 12.1 Å². The second-order valence-electron chi connectivity index (χ2n) is 4.70. The van der Waals surface area contributed by atoms with Crippen LogP contribution in [0.3, 0.4) is 0 Å². The van der Waals surface area contributed by atoms with Crippen LogP contribution in [0, 0.1) is 0 Å². The molecule has 2 aromatic rings. The fourth-order valence-corrected chi connectivity index (χ4v) is 2.65. The molecule has 2 rings (SSSR count). The first-order valence-electron chi connectivity index (χ1n) is 7.18. The summed E-state index contributed by atoms with van der Waals surface area (Å²) < 4.78 is 0. The summed E-state index contributed by atoms with van der Waals surface area (Å²) >= 11 is 1.40. The standard InChI is InChI=1S/C15H20N4OS/c1-3-9-19(10-4-2)14-8-7-13(17-18-14)16-15(20)12-6-5-11-21-12/h5-8,11H,3-4,9-10H2,1-2H3,(H,16,17,20). The first-order valence-corrected chi connectivity index (χ1v) is 8.06. The Labute approximate surface area is 129 Å². The Morgan fingerprint density at radius 3 is 2.48 bits per heavy atom. The van der Waals surface area contributed by atoms with Gasteiger partial charge in [-0.3, -0.25) is 4.79 Å². The van der Waals surface area contributed by atoms with Crippen molar-refractivity contribution in [3.05, 3.63) is 34.5 Å². The Hall–Kier alpha value is -1.95. The van der Waals surface area contributed by atoms with E-state index in [0.717, 1.165) is 31.7 Å². The molecule has 1 N–H and O–H groups in total. The van der Waals surface area contributed by atoms with Gasteiger partial charge in [-0.25, -0.2) is 0 Å². The van der Waals surface area contributed by atoms with Gasteiger partial charge in [0.2, 0.25) is 0 Å². The summed E-state index contributed by atoms with van der Waals surface area (Å²) in [7, 11) is 0. The molecule has 5 nitrogen and oxygen atoms in total. The lowest BCUT2D eigenvalue weighted by molar-refractivity contribution is 0.103. The molecule has 6 heteroatoms. The van der Waals surface area contributed by atoms with E-state index in [1.807, 2.05) is 17.5 Å². The number of anilines is 2. The van der Waals surface area contributed by atoms with Gasteiger partial charge in [-0.05, 0) is 36.4 Å². The van der Waals surface area contributed by atoms with Crippen LogP contribution in [-0.2, 0) is 0 Å². The average Bonchev–Trinajstić information content (AvgIpc) is 3.02. The van der Waals surface area contributed by atoms with Crippen LogP contribution >= 0.6 is 11.3 Å². The molecule has 2 aromatic heterocycles. The molecule has 0 fully saturated rings. The Morgan fingerprint density at radius 1 is 1.19 bits per heavy atom. The molecular formula is C15H20N4OS. The summed E-state index contributed by atoms with van der Waals surface area (Å²) in [6.45, 7) is 6.21. The first kappa shape index (κ1) is 15.4. The molecule has 112 valence electrons. The average molecular weight is 304 g/mol. The third-order valence-corrected chi connectivity index (χ3v) is 3.82. The van der Waals surface area contributed by atoms with Crippen LogP contribution in [0.25, 0.3) is 0 Å². The zero-order valence-corrected chi connectivity index (χ0v) is 13.2. The van der Waals surface area contributed by atoms with Crippen LogP contribution in [0.1, 0.15) is 36.4 Å². The number of hydrogen-bond donors (Lipinski definition) is 1. The SMILES string of the molecule is CCCN(CCC)c1ccc(NC(=O)c2cccs2)nn1. The van der Waals surface area contributed by atoms with Gasteiger partial charge in [0, 0.05) is 13.1 Å². The van der Waals surface area contributed by atoms with Crippen LogP contribution in [-0.4, -0.2) is 29.2 Å². The van der Waals surface area contributed by atoms with Crippen molar-refractivity contribution in [2.24, 2.45) is 0 Å². The van der Waals surface area contributed by atoms with Gasteiger partial charge in [-0.15, -0.1) is 21.5 Å². The maximum atomic E-state index is 11.9. The molecule has 1 amide bonds. The molecule has 0 unspecified atom stereocenters. The molecule has 0 spiro atoms. The van der Waals surface area contributed by atoms with Crippen LogP contribution in [0.15, 0.2) is 29.6 Å². The van der Waals surface area contributed by atoms with Crippen LogP contribution in [0.2, 0.25) is 0 Å². The Balaban J connectivity index is 2.02. The number of nitrogens with zero attached hydrogens (tertiary/aromatic N) is 3. The molecule has 0 aliphatic heterocycles. The highest BCUT2D eigenvalue weighted by molar-refractivity contribution is 7.12. The van der Waals surface area contributed by atoms with Gasteiger partial charge in [-0.2, -0.15) is 0 Å². The molecule has 0 aromatic carbocycles. The summed E-state index contributed by atoms with van der Waals surface area (Å²) in [6.07, 6.45) is 2.14. The number of nitrogens with one attached hydrogen (secondary N) is 1. The summed E-state index contributed by atoms with van der Waals surface area (Å²) in [5.74, 6) is 1.18. The molecule has 0 aliphatic carbocycles. The third-order valence-electron chi connectivity index (χ3n) is 2.95. The van der Waals surface area contributed by atoms with Gasteiger partial charge in [0.25, 0.3) is 5.91 Å². The highest BCUT2D eigenvalue weighted by Crippen LogP contribution is 2.15. The van der Waals surface area contributed by atoms with E-state index in [1.165, 1.54) is 11.3 Å². The monoisotopic (exact) mass is 304 g/mol. The van der Waals surface area contributed by atoms with E-state index in [4.69, 9.17) is 0 Å². The first-order chi connectivity index (χ1) is 10.2. The molecule has 2 heterocycles. The second-order valence-corrected chi connectivity index (χ2v) is 5.64. The van der Waals surface area contributed by atoms with Gasteiger partial charge < -0.3 is 10.2 Å². The van der Waals surface area contributed by atoms with Crippen molar-refractivity contribution in [2.75, 3.05) is 23.3 Å². The zero-order valence-electron chi connectivity index (χ0n) is 12.4. The van der Waals surface area contributed by atoms with Gasteiger partial charge in [0.1, 0.15) is 0 Å². The van der Waals surface area contributed by atoms with E-state index >= 15 is 0 Å². The van der Waals surface area contributed by atoms with Crippen molar-refractivity contribution < 1.29 is 4.79 Å². The van der Waals surface area contributed by atoms with E-state index in [0.29, 0.717) is 10.7 Å². The molecule has 0 saturated heterocycles. The number of rotatable bonds is 7. The largest absolute Gasteiger partial charge is 0.355 e. The third kappa shape index (κ3) is 4.26. The Morgan fingerprint density at radius 2 is 1.95 bits per heavy atom. The van der Waals surface area contributed by atoms with E-state index in [9.17, 15) is 4.79 Å². The second kappa shape index (κ2) is 7.73. The fourth-order valence-electron chi connectivity index (χ4n) is 2.03. The topological polar surface area (TPSA) is 58.1 Å². The minimum atomic E-state index is -0.147. The van der Waals surface area contributed by atoms with Gasteiger partial charge in [-0.1, -0.05) is 19.9 Å². The van der Waals surface area contributed by atoms with E-state index in [2.05, 4.69) is 34.3 Å². The quantitative estimate of drug-likeness (QED) is 0.851. The number of aromatic nitrogens is 2. The minimum Gasteiger partial charge on any atom is -0.355 e. The van der Waals surface area contributed by atoms with Gasteiger partial charge in [0.15, 0.2) is 11.6 Å². The maximum absolute atomic E-state index is 11.9. The van der Waals surface area contributed by atoms with Crippen molar-refractivity contribution >= 4 is 28.9 Å². The molecule has 0 bridgehead atoms. The number of thiophene rings is 1. The van der Waals surface area contributed by atoms with E-state index in [-0.39, 0.29) is 5.91 Å². The van der Waals surface area contributed by atoms with Gasteiger partial charge >= 0.3 is 0 Å². The maximum Gasteiger partial charge on any atom is 0.266 e. The van der Waals surface area contributed by atoms with Crippen molar-refractivity contribution in [1.82, 2.24) is 10.2 Å². The highest BCUT2D eigenvalue weighted by Gasteiger charge is 2.10. The fraction of sp³-hybridized carbons (Fsp3) is 0.400. The smallest absolute Gasteiger partial charge is 0.266 e. The summed E-state index contributed by atoms with van der Waals surface area (Å²) in [6, 6.07) is 7.34. The van der Waals surface area contributed by atoms with Crippen molar-refractivity contribution in [1.29, 1.82) is 0 Å². The lowest BCUT2D eigenvalue weighted by Crippen LogP contribution is -2.26. The molecular weight excluding hydrogens is 284 g/mol. The lowest BCUT2D eigenvalue weighted by Gasteiger charge is -2.21. The van der Waals surface area contributed by atoms with Crippen molar-refractivity contribution in [3.63, 3.8) is 0 Å². The zero-order chi connectivity index (χ0) is 15.1. The number of carbonyl (C=O) groups is 1. The molecule has 0 aliphatic rings. The predicted octanol–water partition coefficient (Wildman–Crippen LogP) is 3.42. The van der Waals surface area contributed by atoms with Crippen molar-refractivity contribution in [3.8, 4) is 0 Å². The van der Waals surface area contributed by atoms with E-state index < -0.39 is 0 Å².